The quantitative estimate of drug-likeness (QED) is 0.822. The van der Waals surface area contributed by atoms with Gasteiger partial charge in [-0.25, -0.2) is 0 Å². The monoisotopic (exact) mass is 262 g/mol. The summed E-state index contributed by atoms with van der Waals surface area (Å²) in [6.45, 7) is 4.67. The van der Waals surface area contributed by atoms with Gasteiger partial charge in [0.15, 0.2) is 0 Å². The van der Waals surface area contributed by atoms with Gasteiger partial charge < -0.3 is 15.0 Å². The summed E-state index contributed by atoms with van der Waals surface area (Å²) in [6.07, 6.45) is 2.13. The molecule has 2 rings (SSSR count). The maximum absolute atomic E-state index is 11.3. The molecule has 4 nitrogen and oxygen atoms in total. The molecule has 1 N–H and O–H groups in total. The van der Waals surface area contributed by atoms with E-state index >= 15 is 0 Å². The van der Waals surface area contributed by atoms with Crippen LogP contribution in [0.1, 0.15) is 19.8 Å². The molecule has 4 heteroatoms. The van der Waals surface area contributed by atoms with Gasteiger partial charge in [-0.05, 0) is 31.9 Å². The average molecular weight is 262 g/mol. The number of benzene rings is 1. The Morgan fingerprint density at radius 3 is 2.63 bits per heavy atom. The van der Waals surface area contributed by atoms with Gasteiger partial charge >= 0.3 is 5.97 Å². The van der Waals surface area contributed by atoms with E-state index in [0.29, 0.717) is 19.2 Å². The van der Waals surface area contributed by atoms with Crippen LogP contribution in [-0.2, 0) is 9.53 Å². The first-order valence-electron chi connectivity index (χ1n) is 6.98. The Bertz CT molecular complexity index is 386. The standard InChI is InChI=1S/C15H22N2O2/c1-2-19-15(18)12-16-13-8-10-17(11-9-13)14-6-4-3-5-7-14/h3-7,13,16H,2,8-12H2,1H3. The SMILES string of the molecule is CCOC(=O)CNC1CCN(c2ccccc2)CC1. The van der Waals surface area contributed by atoms with Crippen LogP contribution in [0, 0.1) is 0 Å². The van der Waals surface area contributed by atoms with Crippen molar-refractivity contribution < 1.29 is 9.53 Å². The number of piperidine rings is 1. The maximum Gasteiger partial charge on any atom is 0.319 e. The number of carbonyl (C=O) groups is 1. The van der Waals surface area contributed by atoms with Gasteiger partial charge in [0.2, 0.25) is 0 Å². The molecule has 0 aromatic heterocycles. The Hall–Kier alpha value is -1.55. The van der Waals surface area contributed by atoms with E-state index in [1.54, 1.807) is 0 Å². The van der Waals surface area contributed by atoms with E-state index in [1.807, 2.05) is 13.0 Å². The molecule has 0 saturated carbocycles. The molecule has 1 heterocycles. The van der Waals surface area contributed by atoms with Crippen LogP contribution in [0.5, 0.6) is 0 Å². The predicted octanol–water partition coefficient (Wildman–Crippen LogP) is 1.81. The highest BCUT2D eigenvalue weighted by Gasteiger charge is 2.19. The smallest absolute Gasteiger partial charge is 0.319 e. The van der Waals surface area contributed by atoms with Gasteiger partial charge in [-0.1, -0.05) is 18.2 Å². The molecule has 0 bridgehead atoms. The van der Waals surface area contributed by atoms with Crippen LogP contribution in [0.25, 0.3) is 0 Å². The summed E-state index contributed by atoms with van der Waals surface area (Å²) in [6, 6.07) is 10.9. The molecule has 104 valence electrons. The van der Waals surface area contributed by atoms with Gasteiger partial charge in [-0.3, -0.25) is 4.79 Å². The molecular weight excluding hydrogens is 240 g/mol. The van der Waals surface area contributed by atoms with Crippen LogP contribution >= 0.6 is 0 Å². The van der Waals surface area contributed by atoms with Crippen molar-refractivity contribution >= 4 is 11.7 Å². The minimum absolute atomic E-state index is 0.159. The van der Waals surface area contributed by atoms with Crippen molar-refractivity contribution in [3.63, 3.8) is 0 Å². The number of rotatable bonds is 5. The third kappa shape index (κ3) is 4.24. The maximum atomic E-state index is 11.3. The zero-order chi connectivity index (χ0) is 13.5. The molecule has 1 aromatic rings. The average Bonchev–Trinajstić information content (AvgIpc) is 2.47. The number of carbonyl (C=O) groups excluding carboxylic acids is 1. The summed E-state index contributed by atoms with van der Waals surface area (Å²) in [5.74, 6) is -0.159. The second-order valence-corrected chi connectivity index (χ2v) is 4.78. The highest BCUT2D eigenvalue weighted by Crippen LogP contribution is 2.19. The fourth-order valence-corrected chi connectivity index (χ4v) is 2.42. The Morgan fingerprint density at radius 1 is 1.32 bits per heavy atom. The molecule has 0 atom stereocenters. The highest BCUT2D eigenvalue weighted by atomic mass is 16.5. The van der Waals surface area contributed by atoms with E-state index in [0.717, 1.165) is 25.9 Å². The van der Waals surface area contributed by atoms with Crippen LogP contribution in [0.4, 0.5) is 5.69 Å². The Labute approximate surface area is 114 Å². The number of para-hydroxylation sites is 1. The molecule has 1 aromatic carbocycles. The largest absolute Gasteiger partial charge is 0.465 e. The van der Waals surface area contributed by atoms with Crippen molar-refractivity contribution in [1.29, 1.82) is 0 Å². The summed E-state index contributed by atoms with van der Waals surface area (Å²) in [7, 11) is 0. The molecule has 1 saturated heterocycles. The van der Waals surface area contributed by atoms with Gasteiger partial charge in [-0.2, -0.15) is 0 Å². The zero-order valence-electron chi connectivity index (χ0n) is 11.5. The van der Waals surface area contributed by atoms with E-state index in [1.165, 1.54) is 5.69 Å². The highest BCUT2D eigenvalue weighted by molar-refractivity contribution is 5.71. The first-order chi connectivity index (χ1) is 9.29. The molecular formula is C15H22N2O2. The van der Waals surface area contributed by atoms with Crippen molar-refractivity contribution in [3.05, 3.63) is 30.3 Å². The molecule has 1 aliphatic heterocycles. The number of ether oxygens (including phenoxy) is 1. The van der Waals surface area contributed by atoms with Crippen LogP contribution < -0.4 is 10.2 Å². The van der Waals surface area contributed by atoms with Crippen molar-refractivity contribution in [2.75, 3.05) is 31.1 Å². The normalized spacial score (nSPS) is 16.4. The Balaban J connectivity index is 1.72. The second kappa shape index (κ2) is 7.14. The first-order valence-corrected chi connectivity index (χ1v) is 6.98. The number of nitrogens with zero attached hydrogens (tertiary/aromatic N) is 1. The Kier molecular flexibility index (Phi) is 5.21. The summed E-state index contributed by atoms with van der Waals surface area (Å²) in [5, 5.41) is 3.28. The molecule has 1 fully saturated rings. The summed E-state index contributed by atoms with van der Waals surface area (Å²) in [4.78, 5) is 13.7. The Morgan fingerprint density at radius 2 is 2.00 bits per heavy atom. The fourth-order valence-electron chi connectivity index (χ4n) is 2.42. The van der Waals surface area contributed by atoms with Crippen LogP contribution in [0.3, 0.4) is 0 Å². The first kappa shape index (κ1) is 13.9. The van der Waals surface area contributed by atoms with Crippen molar-refractivity contribution in [2.24, 2.45) is 0 Å². The minimum atomic E-state index is -0.159. The molecule has 0 amide bonds. The number of hydrogen-bond donors (Lipinski definition) is 1. The van der Waals surface area contributed by atoms with Crippen molar-refractivity contribution in [1.82, 2.24) is 5.32 Å². The minimum Gasteiger partial charge on any atom is -0.465 e. The number of anilines is 1. The van der Waals surface area contributed by atoms with Crippen LogP contribution in [0.15, 0.2) is 30.3 Å². The summed E-state index contributed by atoms with van der Waals surface area (Å²) < 4.78 is 4.91. The molecule has 19 heavy (non-hydrogen) atoms. The molecule has 0 unspecified atom stereocenters. The van der Waals surface area contributed by atoms with Gasteiger partial charge in [0, 0.05) is 24.8 Å². The van der Waals surface area contributed by atoms with E-state index in [-0.39, 0.29) is 5.97 Å². The lowest BCUT2D eigenvalue weighted by molar-refractivity contribution is -0.142. The number of nitrogens with one attached hydrogen (secondary N) is 1. The van der Waals surface area contributed by atoms with Gasteiger partial charge in [0.25, 0.3) is 0 Å². The van der Waals surface area contributed by atoms with Crippen LogP contribution in [0.2, 0.25) is 0 Å². The fraction of sp³-hybridized carbons (Fsp3) is 0.533. The molecule has 1 aliphatic rings. The predicted molar refractivity (Wildman–Crippen MR) is 76.3 cm³/mol. The molecule has 0 radical (unpaired) electrons. The van der Waals surface area contributed by atoms with Crippen molar-refractivity contribution in [2.45, 2.75) is 25.8 Å². The van der Waals surface area contributed by atoms with E-state index in [4.69, 9.17) is 4.74 Å². The zero-order valence-corrected chi connectivity index (χ0v) is 11.5. The summed E-state index contributed by atoms with van der Waals surface area (Å²) >= 11 is 0. The number of hydrogen-bond acceptors (Lipinski definition) is 4. The van der Waals surface area contributed by atoms with Crippen LogP contribution in [-0.4, -0.2) is 38.3 Å². The van der Waals surface area contributed by atoms with E-state index in [9.17, 15) is 4.79 Å². The number of esters is 1. The summed E-state index contributed by atoms with van der Waals surface area (Å²) in [5.41, 5.74) is 1.28. The molecule has 0 aliphatic carbocycles. The lowest BCUT2D eigenvalue weighted by Gasteiger charge is -2.33. The van der Waals surface area contributed by atoms with E-state index < -0.39 is 0 Å². The molecule has 0 spiro atoms. The third-order valence-electron chi connectivity index (χ3n) is 3.46. The lowest BCUT2D eigenvalue weighted by atomic mass is 10.0. The second-order valence-electron chi connectivity index (χ2n) is 4.78. The van der Waals surface area contributed by atoms with Gasteiger partial charge in [0.05, 0.1) is 13.2 Å². The lowest BCUT2D eigenvalue weighted by Crippen LogP contribution is -2.44. The van der Waals surface area contributed by atoms with Crippen molar-refractivity contribution in [3.8, 4) is 0 Å². The van der Waals surface area contributed by atoms with Gasteiger partial charge in [-0.15, -0.1) is 0 Å². The topological polar surface area (TPSA) is 41.6 Å². The van der Waals surface area contributed by atoms with Gasteiger partial charge in [0.1, 0.15) is 0 Å². The van der Waals surface area contributed by atoms with E-state index in [2.05, 4.69) is 34.5 Å². The third-order valence-corrected chi connectivity index (χ3v) is 3.46.